The molecular formula is C21H31N3O2S. The van der Waals surface area contributed by atoms with Crippen LogP contribution in [0.4, 0.5) is 0 Å². The van der Waals surface area contributed by atoms with E-state index in [0.717, 1.165) is 35.3 Å². The molecule has 2 aromatic rings. The van der Waals surface area contributed by atoms with Gasteiger partial charge in [0.15, 0.2) is 0 Å². The minimum Gasteiger partial charge on any atom is -0.598 e. The quantitative estimate of drug-likeness (QED) is 0.808. The van der Waals surface area contributed by atoms with E-state index < -0.39 is 11.4 Å². The number of nitrogens with one attached hydrogen (secondary N) is 1. The summed E-state index contributed by atoms with van der Waals surface area (Å²) in [5.74, 6) is 0.862. The molecule has 1 heterocycles. The van der Waals surface area contributed by atoms with E-state index in [1.807, 2.05) is 47.7 Å². The zero-order chi connectivity index (χ0) is 20.1. The zero-order valence-corrected chi connectivity index (χ0v) is 18.3. The average molecular weight is 390 g/mol. The van der Waals surface area contributed by atoms with Gasteiger partial charge in [-0.15, -0.1) is 4.72 Å². The Morgan fingerprint density at radius 1 is 1.33 bits per heavy atom. The Kier molecular flexibility index (Phi) is 5.21. The summed E-state index contributed by atoms with van der Waals surface area (Å²) in [7, 11) is 1.83. The topological polar surface area (TPSA) is 70.0 Å². The van der Waals surface area contributed by atoms with Gasteiger partial charge < -0.3 is 4.55 Å². The van der Waals surface area contributed by atoms with Gasteiger partial charge in [-0.1, -0.05) is 19.4 Å². The molecule has 1 aliphatic carbocycles. The van der Waals surface area contributed by atoms with Gasteiger partial charge in [-0.2, -0.15) is 0 Å². The largest absolute Gasteiger partial charge is 0.598 e. The molecule has 2 unspecified atom stereocenters. The maximum atomic E-state index is 13.1. The Hall–Kier alpha value is -1.37. The number of aryl methyl sites for hydroxylation is 1. The lowest BCUT2D eigenvalue weighted by Crippen LogP contribution is -2.41. The van der Waals surface area contributed by atoms with Crippen LogP contribution in [0.5, 0.6) is 0 Å². The SMILES string of the molecule is Cc1cc(C(C)N[S+]([O-])C(C)(C)C)c2nc(C3(C)CCC3)n(C)c(=O)c2c1. The molecule has 6 heteroatoms. The fourth-order valence-electron chi connectivity index (χ4n) is 3.75. The van der Waals surface area contributed by atoms with Gasteiger partial charge >= 0.3 is 0 Å². The van der Waals surface area contributed by atoms with Crippen LogP contribution in [-0.4, -0.2) is 18.9 Å². The fourth-order valence-corrected chi connectivity index (χ4v) is 4.56. The van der Waals surface area contributed by atoms with Crippen molar-refractivity contribution in [2.24, 2.45) is 7.05 Å². The second-order valence-corrected chi connectivity index (χ2v) is 11.2. The van der Waals surface area contributed by atoms with Crippen molar-refractivity contribution in [1.29, 1.82) is 0 Å². The summed E-state index contributed by atoms with van der Waals surface area (Å²) in [6.45, 7) is 12.0. The first-order chi connectivity index (χ1) is 12.4. The molecule has 0 saturated heterocycles. The third-order valence-electron chi connectivity index (χ3n) is 5.66. The Morgan fingerprint density at radius 2 is 1.96 bits per heavy atom. The molecule has 1 saturated carbocycles. The van der Waals surface area contributed by atoms with Crippen molar-refractivity contribution in [3.05, 3.63) is 39.4 Å². The number of fused-ring (bicyclic) bond motifs is 1. The van der Waals surface area contributed by atoms with Crippen molar-refractivity contribution in [2.75, 3.05) is 0 Å². The summed E-state index contributed by atoms with van der Waals surface area (Å²) >= 11 is -1.20. The van der Waals surface area contributed by atoms with Gasteiger partial charge in [0, 0.05) is 29.4 Å². The van der Waals surface area contributed by atoms with Crippen LogP contribution >= 0.6 is 0 Å². The van der Waals surface area contributed by atoms with Gasteiger partial charge in [-0.3, -0.25) is 9.36 Å². The molecule has 1 aliphatic rings. The van der Waals surface area contributed by atoms with Crippen molar-refractivity contribution in [3.8, 4) is 0 Å². The second-order valence-electron chi connectivity index (χ2n) is 9.18. The molecule has 3 rings (SSSR count). The number of aromatic nitrogens is 2. The second kappa shape index (κ2) is 6.90. The molecular weight excluding hydrogens is 358 g/mol. The lowest BCUT2D eigenvalue weighted by atomic mass is 9.69. The molecule has 5 nitrogen and oxygen atoms in total. The van der Waals surface area contributed by atoms with E-state index in [4.69, 9.17) is 4.98 Å². The van der Waals surface area contributed by atoms with Crippen LogP contribution in [0.15, 0.2) is 16.9 Å². The molecule has 27 heavy (non-hydrogen) atoms. The molecule has 0 aliphatic heterocycles. The summed E-state index contributed by atoms with van der Waals surface area (Å²) < 4.78 is 17.1. The van der Waals surface area contributed by atoms with Crippen LogP contribution in [-0.2, 0) is 23.8 Å². The Morgan fingerprint density at radius 3 is 2.48 bits per heavy atom. The minimum absolute atomic E-state index is 0.00258. The third kappa shape index (κ3) is 3.67. The van der Waals surface area contributed by atoms with Gasteiger partial charge in [0.05, 0.1) is 16.9 Å². The Balaban J connectivity index is 2.16. The predicted octanol–water partition coefficient (Wildman–Crippen LogP) is 3.80. The molecule has 0 spiro atoms. The third-order valence-corrected chi connectivity index (χ3v) is 7.34. The molecule has 2 atom stereocenters. The maximum Gasteiger partial charge on any atom is 0.261 e. The standard InChI is InChI=1S/C21H31N3O2S/c1-13-11-15(14(2)23-27(26)20(3,4)5)17-16(12-13)18(25)24(7)19(22-17)21(6)9-8-10-21/h11-12,14,23H,8-10H2,1-7H3. The first-order valence-corrected chi connectivity index (χ1v) is 10.8. The van der Waals surface area contributed by atoms with Crippen LogP contribution in [0.3, 0.4) is 0 Å². The van der Waals surface area contributed by atoms with Crippen molar-refractivity contribution < 1.29 is 4.55 Å². The highest BCUT2D eigenvalue weighted by Crippen LogP contribution is 2.42. The van der Waals surface area contributed by atoms with Gasteiger partial charge in [0.2, 0.25) is 0 Å². The van der Waals surface area contributed by atoms with Crippen LogP contribution in [0.2, 0.25) is 0 Å². The molecule has 0 radical (unpaired) electrons. The lowest BCUT2D eigenvalue weighted by Gasteiger charge is -2.38. The first kappa shape index (κ1) is 20.4. The van der Waals surface area contributed by atoms with Crippen molar-refractivity contribution in [1.82, 2.24) is 14.3 Å². The van der Waals surface area contributed by atoms with E-state index >= 15 is 0 Å². The van der Waals surface area contributed by atoms with Gasteiger partial charge in [-0.25, -0.2) is 4.98 Å². The molecule has 1 N–H and O–H groups in total. The van der Waals surface area contributed by atoms with Crippen LogP contribution in [0.25, 0.3) is 10.9 Å². The molecule has 0 bridgehead atoms. The maximum absolute atomic E-state index is 13.1. The predicted molar refractivity (Wildman–Crippen MR) is 112 cm³/mol. The Bertz CT molecular complexity index is 926. The Labute approximate surface area is 164 Å². The summed E-state index contributed by atoms with van der Waals surface area (Å²) in [4.78, 5) is 18.1. The van der Waals surface area contributed by atoms with E-state index in [2.05, 4.69) is 17.7 Å². The average Bonchev–Trinajstić information content (AvgIpc) is 2.54. The zero-order valence-electron chi connectivity index (χ0n) is 17.5. The van der Waals surface area contributed by atoms with E-state index in [0.29, 0.717) is 5.39 Å². The number of rotatable bonds is 4. The first-order valence-electron chi connectivity index (χ1n) is 9.64. The van der Waals surface area contributed by atoms with Crippen molar-refractivity contribution in [2.45, 2.75) is 77.0 Å². The highest BCUT2D eigenvalue weighted by atomic mass is 32.2. The lowest BCUT2D eigenvalue weighted by molar-refractivity contribution is 0.247. The van der Waals surface area contributed by atoms with Crippen molar-refractivity contribution in [3.63, 3.8) is 0 Å². The van der Waals surface area contributed by atoms with E-state index in [9.17, 15) is 9.35 Å². The summed E-state index contributed by atoms with van der Waals surface area (Å²) in [5.41, 5.74) is 2.64. The molecule has 1 fully saturated rings. The number of hydrogen-bond donors (Lipinski definition) is 1. The minimum atomic E-state index is -1.20. The van der Waals surface area contributed by atoms with E-state index in [1.165, 1.54) is 6.42 Å². The van der Waals surface area contributed by atoms with Gasteiger partial charge in [0.1, 0.15) is 10.6 Å². The highest BCUT2D eigenvalue weighted by molar-refractivity contribution is 7.90. The van der Waals surface area contributed by atoms with Crippen LogP contribution in [0.1, 0.15) is 76.9 Å². The van der Waals surface area contributed by atoms with Gasteiger partial charge in [0.25, 0.3) is 5.56 Å². The molecule has 1 aromatic heterocycles. The fraction of sp³-hybridized carbons (Fsp3) is 0.619. The molecule has 1 aromatic carbocycles. The van der Waals surface area contributed by atoms with Crippen LogP contribution in [0, 0.1) is 6.92 Å². The highest BCUT2D eigenvalue weighted by Gasteiger charge is 2.38. The van der Waals surface area contributed by atoms with Crippen molar-refractivity contribution >= 4 is 22.3 Å². The summed E-state index contributed by atoms with van der Waals surface area (Å²) in [5, 5.41) is 0.634. The van der Waals surface area contributed by atoms with Crippen LogP contribution < -0.4 is 10.3 Å². The summed E-state index contributed by atoms with van der Waals surface area (Å²) in [6, 6.07) is 3.79. The monoisotopic (exact) mass is 389 g/mol. The van der Waals surface area contributed by atoms with E-state index in [1.54, 1.807) is 4.57 Å². The smallest absolute Gasteiger partial charge is 0.261 e. The number of hydrogen-bond acceptors (Lipinski definition) is 4. The van der Waals surface area contributed by atoms with E-state index in [-0.39, 0.29) is 21.8 Å². The molecule has 0 amide bonds. The normalized spacial score (nSPS) is 19.0. The molecule has 148 valence electrons. The summed E-state index contributed by atoms with van der Waals surface area (Å²) in [6.07, 6.45) is 3.29. The van der Waals surface area contributed by atoms with Gasteiger partial charge in [-0.05, 0) is 59.1 Å². The number of benzene rings is 1. The number of nitrogens with zero attached hydrogens (tertiary/aromatic N) is 2.